The zero-order valence-corrected chi connectivity index (χ0v) is 14.0. The monoisotopic (exact) mass is 316 g/mol. The van der Waals surface area contributed by atoms with Crippen LogP contribution in [0.15, 0.2) is 12.1 Å². The van der Waals surface area contributed by atoms with Gasteiger partial charge in [-0.3, -0.25) is 0 Å². The van der Waals surface area contributed by atoms with Crippen molar-refractivity contribution < 1.29 is 19.1 Å². The molecule has 0 fully saturated rings. The molecule has 2 aliphatic rings. The Morgan fingerprint density at radius 3 is 2.83 bits per heavy atom. The Morgan fingerprint density at radius 2 is 2.13 bits per heavy atom. The third-order valence-corrected chi connectivity index (χ3v) is 4.77. The molecule has 4 rings (SSSR count). The van der Waals surface area contributed by atoms with Gasteiger partial charge in [-0.25, -0.2) is 4.68 Å². The highest BCUT2D eigenvalue weighted by atomic mass is 16.7. The summed E-state index contributed by atoms with van der Waals surface area (Å²) in [6.07, 6.45) is 1.07. The average molecular weight is 316 g/mol. The van der Waals surface area contributed by atoms with Gasteiger partial charge < -0.3 is 19.1 Å². The van der Waals surface area contributed by atoms with Crippen LogP contribution in [0.4, 0.5) is 0 Å². The maximum Gasteiger partial charge on any atom is 0.231 e. The van der Waals surface area contributed by atoms with Crippen molar-refractivity contribution in [3.63, 3.8) is 0 Å². The predicted octanol–water partition coefficient (Wildman–Crippen LogP) is 0.855. The van der Waals surface area contributed by atoms with Crippen LogP contribution in [0.2, 0.25) is 0 Å². The van der Waals surface area contributed by atoms with Crippen LogP contribution in [0.3, 0.4) is 0 Å². The first-order valence-corrected chi connectivity index (χ1v) is 7.94. The molecule has 3 heterocycles. The lowest BCUT2D eigenvalue weighted by Crippen LogP contribution is -3.11. The van der Waals surface area contributed by atoms with E-state index in [4.69, 9.17) is 19.3 Å². The van der Waals surface area contributed by atoms with E-state index in [-0.39, 0.29) is 13.0 Å². The molecule has 122 valence electrons. The maximum atomic E-state index is 5.74. The molecular weight excluding hydrogens is 294 g/mol. The molecule has 1 unspecified atom stereocenters. The Labute approximate surface area is 135 Å². The molecular formula is C17H22N3O3+. The predicted molar refractivity (Wildman–Crippen MR) is 84.4 cm³/mol. The third-order valence-electron chi connectivity index (χ3n) is 4.77. The van der Waals surface area contributed by atoms with Crippen molar-refractivity contribution in [2.45, 2.75) is 26.4 Å². The first-order chi connectivity index (χ1) is 11.1. The number of methoxy groups -OCH3 is 1. The number of ether oxygens (including phenoxy) is 3. The van der Waals surface area contributed by atoms with Gasteiger partial charge in [-0.15, -0.1) is 0 Å². The molecule has 2 aromatic rings. The van der Waals surface area contributed by atoms with Crippen molar-refractivity contribution in [1.82, 2.24) is 9.78 Å². The summed E-state index contributed by atoms with van der Waals surface area (Å²) in [6.45, 7) is 5.42. The van der Waals surface area contributed by atoms with E-state index in [0.29, 0.717) is 5.75 Å². The normalized spacial score (nSPS) is 22.1. The zero-order chi connectivity index (χ0) is 16.1. The van der Waals surface area contributed by atoms with Gasteiger partial charge in [0.15, 0.2) is 11.5 Å². The minimum atomic E-state index is 0.0805. The van der Waals surface area contributed by atoms with Crippen LogP contribution in [0.5, 0.6) is 17.2 Å². The number of hydrogen-bond acceptors (Lipinski definition) is 4. The van der Waals surface area contributed by atoms with Crippen LogP contribution in [0, 0.1) is 13.8 Å². The van der Waals surface area contributed by atoms with Gasteiger partial charge in [0, 0.05) is 12.1 Å². The van der Waals surface area contributed by atoms with E-state index in [0.717, 1.165) is 41.4 Å². The molecule has 1 N–H and O–H groups in total. The van der Waals surface area contributed by atoms with Crippen LogP contribution in [-0.2, 0) is 6.42 Å². The highest BCUT2D eigenvalue weighted by Gasteiger charge is 2.38. The number of aryl methyl sites for hydroxylation is 2. The molecule has 1 aromatic carbocycles. The summed E-state index contributed by atoms with van der Waals surface area (Å²) < 4.78 is 19.1. The Hall–Kier alpha value is -2.21. The Morgan fingerprint density at radius 1 is 1.30 bits per heavy atom. The molecule has 2 atom stereocenters. The number of nitrogens with zero attached hydrogens (tertiary/aromatic N) is 2. The summed E-state index contributed by atoms with van der Waals surface area (Å²) in [7, 11) is 3.90. The molecule has 0 aliphatic carbocycles. The Bertz CT molecular complexity index is 769. The van der Waals surface area contributed by atoms with Gasteiger partial charge in [0.2, 0.25) is 18.7 Å². The summed E-state index contributed by atoms with van der Waals surface area (Å²) in [5.41, 5.74) is 4.60. The topological polar surface area (TPSA) is 50.0 Å². The standard InChI is InChI=1S/C17H21N3O3/c1-10-7-11(2)20(18-10)17-14-12(5-6-19(17)3)8-13-15(16(14)21-4)23-9-22-13/h7-8,17H,5-6,9H2,1-4H3/p+1/t17-/m0/s1. The van der Waals surface area contributed by atoms with Crippen LogP contribution in [0.1, 0.15) is 28.7 Å². The second kappa shape index (κ2) is 5.16. The fourth-order valence-corrected chi connectivity index (χ4v) is 3.74. The van der Waals surface area contributed by atoms with Gasteiger partial charge in [-0.1, -0.05) is 0 Å². The third kappa shape index (κ3) is 2.09. The van der Waals surface area contributed by atoms with Crippen LogP contribution in [-0.4, -0.2) is 37.3 Å². The molecule has 0 saturated heterocycles. The summed E-state index contributed by atoms with van der Waals surface area (Å²) in [6, 6.07) is 4.21. The van der Waals surface area contributed by atoms with E-state index in [1.54, 1.807) is 7.11 Å². The van der Waals surface area contributed by atoms with Crippen molar-refractivity contribution in [2.24, 2.45) is 0 Å². The van der Waals surface area contributed by atoms with E-state index in [9.17, 15) is 0 Å². The van der Waals surface area contributed by atoms with Gasteiger partial charge in [-0.2, -0.15) is 5.10 Å². The number of nitrogens with one attached hydrogen (secondary N) is 1. The lowest BCUT2D eigenvalue weighted by atomic mass is 9.95. The van der Waals surface area contributed by atoms with E-state index in [2.05, 4.69) is 30.8 Å². The maximum absolute atomic E-state index is 5.74. The number of likely N-dealkylation sites (N-methyl/N-ethyl adjacent to an activating group) is 1. The number of fused-ring (bicyclic) bond motifs is 2. The highest BCUT2D eigenvalue weighted by molar-refractivity contribution is 5.61. The largest absolute Gasteiger partial charge is 0.492 e. The SMILES string of the molecule is COc1c2c(cc3c1[C@H](n1nc(C)cc1C)[NH+](C)CC3)OCO2. The minimum absolute atomic E-state index is 0.0805. The molecule has 0 radical (unpaired) electrons. The first-order valence-electron chi connectivity index (χ1n) is 7.94. The van der Waals surface area contributed by atoms with Crippen molar-refractivity contribution in [1.29, 1.82) is 0 Å². The molecule has 1 aromatic heterocycles. The lowest BCUT2D eigenvalue weighted by molar-refractivity contribution is -0.919. The number of aromatic nitrogens is 2. The van der Waals surface area contributed by atoms with E-state index in [1.807, 2.05) is 6.92 Å². The fraction of sp³-hybridized carbons (Fsp3) is 0.471. The summed E-state index contributed by atoms with van der Waals surface area (Å²) in [4.78, 5) is 1.39. The first kappa shape index (κ1) is 14.4. The molecule has 0 amide bonds. The fourth-order valence-electron chi connectivity index (χ4n) is 3.74. The molecule has 23 heavy (non-hydrogen) atoms. The average Bonchev–Trinajstić information content (AvgIpc) is 3.11. The van der Waals surface area contributed by atoms with Gasteiger partial charge in [-0.05, 0) is 31.5 Å². The molecule has 6 nitrogen and oxygen atoms in total. The second-order valence-electron chi connectivity index (χ2n) is 6.34. The van der Waals surface area contributed by atoms with Crippen molar-refractivity contribution >= 4 is 0 Å². The summed E-state index contributed by atoms with van der Waals surface area (Å²) >= 11 is 0. The van der Waals surface area contributed by atoms with Crippen molar-refractivity contribution in [3.8, 4) is 17.2 Å². The van der Waals surface area contributed by atoms with Gasteiger partial charge in [0.25, 0.3) is 0 Å². The molecule has 0 bridgehead atoms. The van der Waals surface area contributed by atoms with Gasteiger partial charge >= 0.3 is 0 Å². The van der Waals surface area contributed by atoms with Crippen LogP contribution in [0.25, 0.3) is 0 Å². The van der Waals surface area contributed by atoms with Crippen LogP contribution >= 0.6 is 0 Å². The molecule has 2 aliphatic heterocycles. The smallest absolute Gasteiger partial charge is 0.231 e. The van der Waals surface area contributed by atoms with Crippen molar-refractivity contribution in [3.05, 3.63) is 34.6 Å². The Kier molecular flexibility index (Phi) is 3.23. The van der Waals surface area contributed by atoms with E-state index >= 15 is 0 Å². The van der Waals surface area contributed by atoms with Gasteiger partial charge in [0.1, 0.15) is 0 Å². The van der Waals surface area contributed by atoms with E-state index in [1.165, 1.54) is 10.5 Å². The van der Waals surface area contributed by atoms with Gasteiger partial charge in [0.05, 0.1) is 32.0 Å². The molecule has 6 heteroatoms. The van der Waals surface area contributed by atoms with Crippen molar-refractivity contribution in [2.75, 3.05) is 27.5 Å². The summed E-state index contributed by atoms with van der Waals surface area (Å²) in [5.74, 6) is 2.28. The number of hydrogen-bond donors (Lipinski definition) is 1. The molecule has 0 spiro atoms. The van der Waals surface area contributed by atoms with E-state index < -0.39 is 0 Å². The number of benzene rings is 1. The number of quaternary nitrogens is 1. The summed E-state index contributed by atoms with van der Waals surface area (Å²) in [5, 5.41) is 4.72. The highest BCUT2D eigenvalue weighted by Crippen LogP contribution is 2.47. The second-order valence-corrected chi connectivity index (χ2v) is 6.34. The zero-order valence-electron chi connectivity index (χ0n) is 14.0. The number of rotatable bonds is 2. The van der Waals surface area contributed by atoms with Crippen LogP contribution < -0.4 is 19.1 Å². The Balaban J connectivity index is 1.95. The lowest BCUT2D eigenvalue weighted by Gasteiger charge is -2.33. The molecule has 0 saturated carbocycles. The minimum Gasteiger partial charge on any atom is -0.492 e. The quantitative estimate of drug-likeness (QED) is 0.893.